The standard InChI is InChI=1S/C34H44N2O7/c1-22(2)14-29(35-32(38)40-20-23-10-6-4-7-11-23)31(37)36-30(26-12-8-5-9-13-26)33(21-39-3)41-34(43-42-33)27-16-24-15-25(18-27)19-28(34)17-24/h4-13,22,24-25,27-30H,14-21H2,1-3H3,(H,35,38)(H,36,37)/t24?,25?,27?,28?,29-,30-,33-,34?/m0/s1. The molecule has 1 aliphatic heterocycles. The quantitative estimate of drug-likeness (QED) is 0.325. The first-order valence-corrected chi connectivity index (χ1v) is 15.7. The SMILES string of the molecule is COC[C@@]1([C@@H](NC(=O)[C@H](CC(C)C)NC(=O)OCc2ccccc2)c2ccccc2)OOC2(O1)C1CC3CC(C1)CC2C3. The van der Waals surface area contributed by atoms with Crippen LogP contribution in [0.15, 0.2) is 60.7 Å². The molecule has 9 nitrogen and oxygen atoms in total. The Kier molecular flexibility index (Phi) is 8.78. The minimum atomic E-state index is -1.42. The van der Waals surface area contributed by atoms with Gasteiger partial charge in [0.2, 0.25) is 11.7 Å². The number of alkyl carbamates (subject to hydrolysis) is 1. The predicted octanol–water partition coefficient (Wildman–Crippen LogP) is 5.66. The van der Waals surface area contributed by atoms with Crippen LogP contribution in [-0.2, 0) is 35.4 Å². The van der Waals surface area contributed by atoms with E-state index >= 15 is 0 Å². The van der Waals surface area contributed by atoms with E-state index in [1.165, 1.54) is 6.42 Å². The van der Waals surface area contributed by atoms with E-state index in [0.29, 0.717) is 18.3 Å². The molecule has 4 aliphatic carbocycles. The number of nitrogens with one attached hydrogen (secondary N) is 2. The highest BCUT2D eigenvalue weighted by atomic mass is 17.3. The van der Waals surface area contributed by atoms with E-state index in [-0.39, 0.29) is 36.9 Å². The van der Waals surface area contributed by atoms with Crippen molar-refractivity contribution in [2.75, 3.05) is 13.7 Å². The van der Waals surface area contributed by atoms with Crippen LogP contribution < -0.4 is 10.6 Å². The molecule has 1 saturated heterocycles. The number of amides is 2. The van der Waals surface area contributed by atoms with Gasteiger partial charge in [0.25, 0.3) is 5.79 Å². The highest BCUT2D eigenvalue weighted by Crippen LogP contribution is 2.63. The van der Waals surface area contributed by atoms with Crippen molar-refractivity contribution in [3.05, 3.63) is 71.8 Å². The first-order valence-electron chi connectivity index (χ1n) is 15.7. The molecule has 9 heteroatoms. The van der Waals surface area contributed by atoms with Crippen LogP contribution >= 0.6 is 0 Å². The second kappa shape index (κ2) is 12.6. The summed E-state index contributed by atoms with van der Waals surface area (Å²) in [6.07, 6.45) is 5.31. The summed E-state index contributed by atoms with van der Waals surface area (Å²) >= 11 is 0. The maximum Gasteiger partial charge on any atom is 0.408 e. The lowest BCUT2D eigenvalue weighted by molar-refractivity contribution is -0.392. The number of carbonyl (C=O) groups excluding carboxylic acids is 2. The van der Waals surface area contributed by atoms with Gasteiger partial charge in [-0.25, -0.2) is 4.79 Å². The van der Waals surface area contributed by atoms with Crippen LogP contribution in [0.2, 0.25) is 0 Å². The lowest BCUT2D eigenvalue weighted by Gasteiger charge is -2.57. The summed E-state index contributed by atoms with van der Waals surface area (Å²) < 4.78 is 18.1. The number of methoxy groups -OCH3 is 1. The summed E-state index contributed by atoms with van der Waals surface area (Å²) in [6, 6.07) is 17.4. The van der Waals surface area contributed by atoms with Crippen LogP contribution in [0.25, 0.3) is 0 Å². The van der Waals surface area contributed by atoms with Gasteiger partial charge in [0.1, 0.15) is 25.3 Å². The fourth-order valence-corrected chi connectivity index (χ4v) is 7.97. The average Bonchev–Trinajstić information content (AvgIpc) is 3.39. The van der Waals surface area contributed by atoms with Gasteiger partial charge >= 0.3 is 6.09 Å². The lowest BCUT2D eigenvalue weighted by atomic mass is 9.53. The van der Waals surface area contributed by atoms with E-state index < -0.39 is 29.8 Å². The molecule has 2 amide bonds. The van der Waals surface area contributed by atoms with Gasteiger partial charge in [-0.2, -0.15) is 9.78 Å². The molecule has 2 aromatic carbocycles. The molecule has 4 bridgehead atoms. The Morgan fingerprint density at radius 1 is 0.884 bits per heavy atom. The molecule has 5 fully saturated rings. The molecular formula is C34H44N2O7. The van der Waals surface area contributed by atoms with Crippen molar-refractivity contribution in [3.8, 4) is 0 Å². The zero-order valence-electron chi connectivity index (χ0n) is 25.3. The van der Waals surface area contributed by atoms with E-state index in [1.807, 2.05) is 74.5 Å². The molecule has 7 rings (SSSR count). The molecule has 1 spiro atoms. The molecule has 4 saturated carbocycles. The van der Waals surface area contributed by atoms with E-state index in [4.69, 9.17) is 24.0 Å². The Labute approximate surface area is 253 Å². The Morgan fingerprint density at radius 3 is 2.12 bits per heavy atom. The minimum absolute atomic E-state index is 0.0439. The highest BCUT2D eigenvalue weighted by molar-refractivity contribution is 5.86. The van der Waals surface area contributed by atoms with Gasteiger partial charge in [0, 0.05) is 18.9 Å². The molecule has 0 aromatic heterocycles. The number of hydrogen-bond donors (Lipinski definition) is 2. The number of carbonyl (C=O) groups is 2. The van der Waals surface area contributed by atoms with Crippen molar-refractivity contribution in [3.63, 3.8) is 0 Å². The van der Waals surface area contributed by atoms with E-state index in [0.717, 1.165) is 36.8 Å². The highest BCUT2D eigenvalue weighted by Gasteiger charge is 2.68. The van der Waals surface area contributed by atoms with Crippen molar-refractivity contribution < 1.29 is 33.6 Å². The second-order valence-corrected chi connectivity index (χ2v) is 13.3. The van der Waals surface area contributed by atoms with Crippen LogP contribution in [0, 0.1) is 29.6 Å². The molecule has 2 N–H and O–H groups in total. The topological polar surface area (TPSA) is 104 Å². The first kappa shape index (κ1) is 30.1. The normalized spacial score (nSPS) is 32.1. The number of hydrogen-bond acceptors (Lipinski definition) is 7. The summed E-state index contributed by atoms with van der Waals surface area (Å²) in [6.45, 7) is 4.16. The maximum atomic E-state index is 14.0. The van der Waals surface area contributed by atoms with Crippen LogP contribution in [0.3, 0.4) is 0 Å². The lowest BCUT2D eigenvalue weighted by Crippen LogP contribution is -2.61. The average molecular weight is 593 g/mol. The van der Waals surface area contributed by atoms with Gasteiger partial charge in [-0.1, -0.05) is 74.5 Å². The molecule has 3 atom stereocenters. The number of rotatable bonds is 11. The monoisotopic (exact) mass is 592 g/mol. The van der Waals surface area contributed by atoms with Crippen LogP contribution in [0.5, 0.6) is 0 Å². The summed E-state index contributed by atoms with van der Waals surface area (Å²) in [5, 5.41) is 5.96. The zero-order chi connectivity index (χ0) is 30.0. The first-order chi connectivity index (χ1) is 20.8. The smallest absolute Gasteiger partial charge is 0.408 e. The number of benzene rings is 2. The fourth-order valence-electron chi connectivity index (χ4n) is 7.97. The van der Waals surface area contributed by atoms with Crippen molar-refractivity contribution >= 4 is 12.0 Å². The van der Waals surface area contributed by atoms with Crippen molar-refractivity contribution in [2.24, 2.45) is 29.6 Å². The molecule has 5 aliphatic rings. The van der Waals surface area contributed by atoms with Crippen molar-refractivity contribution in [1.82, 2.24) is 10.6 Å². The third-order valence-electron chi connectivity index (χ3n) is 9.65. The summed E-state index contributed by atoms with van der Waals surface area (Å²) in [5.41, 5.74) is 1.65. The van der Waals surface area contributed by atoms with Crippen LogP contribution in [0.1, 0.15) is 69.5 Å². The Balaban J connectivity index is 1.24. The Hall–Kier alpha value is -2.98. The molecule has 2 aromatic rings. The summed E-state index contributed by atoms with van der Waals surface area (Å²) in [7, 11) is 1.59. The zero-order valence-corrected chi connectivity index (χ0v) is 25.3. The minimum Gasteiger partial charge on any atom is -0.445 e. The fraction of sp³-hybridized carbons (Fsp3) is 0.588. The predicted molar refractivity (Wildman–Crippen MR) is 158 cm³/mol. The van der Waals surface area contributed by atoms with Crippen molar-refractivity contribution in [2.45, 2.75) is 82.6 Å². The van der Waals surface area contributed by atoms with Gasteiger partial charge < -0.3 is 24.8 Å². The van der Waals surface area contributed by atoms with Crippen molar-refractivity contribution in [1.29, 1.82) is 0 Å². The van der Waals surface area contributed by atoms with Crippen LogP contribution in [-0.4, -0.2) is 43.3 Å². The van der Waals surface area contributed by atoms with E-state index in [2.05, 4.69) is 10.6 Å². The third kappa shape index (κ3) is 6.18. The van der Waals surface area contributed by atoms with E-state index in [1.54, 1.807) is 7.11 Å². The van der Waals surface area contributed by atoms with E-state index in [9.17, 15) is 9.59 Å². The molecule has 1 heterocycles. The molecule has 0 radical (unpaired) electrons. The summed E-state index contributed by atoms with van der Waals surface area (Å²) in [5.74, 6) is -0.606. The molecule has 43 heavy (non-hydrogen) atoms. The molecule has 232 valence electrons. The largest absolute Gasteiger partial charge is 0.445 e. The second-order valence-electron chi connectivity index (χ2n) is 13.3. The third-order valence-corrected chi connectivity index (χ3v) is 9.65. The van der Waals surface area contributed by atoms with Gasteiger partial charge in [-0.05, 0) is 67.4 Å². The van der Waals surface area contributed by atoms with Gasteiger partial charge in [-0.15, -0.1) is 0 Å². The Bertz CT molecular complexity index is 1230. The summed E-state index contributed by atoms with van der Waals surface area (Å²) in [4.78, 5) is 39.4. The molecule has 0 unspecified atom stereocenters. The van der Waals surface area contributed by atoms with Gasteiger partial charge in [-0.3, -0.25) is 4.79 Å². The van der Waals surface area contributed by atoms with Gasteiger partial charge in [0.15, 0.2) is 0 Å². The number of ether oxygens (including phenoxy) is 3. The maximum absolute atomic E-state index is 14.0. The van der Waals surface area contributed by atoms with Gasteiger partial charge in [0.05, 0.1) is 0 Å². The molecular weight excluding hydrogens is 548 g/mol. The van der Waals surface area contributed by atoms with Crippen LogP contribution in [0.4, 0.5) is 4.79 Å². The Morgan fingerprint density at radius 2 is 1.51 bits per heavy atom.